The van der Waals surface area contributed by atoms with Crippen molar-refractivity contribution < 1.29 is 0 Å². The van der Waals surface area contributed by atoms with Crippen LogP contribution in [0.1, 0.15) is 43.4 Å². The Morgan fingerprint density at radius 2 is 2.04 bits per heavy atom. The number of rotatable bonds is 4. The number of benzene rings is 1. The van der Waals surface area contributed by atoms with E-state index in [2.05, 4.69) is 27.5 Å². The molecular weight excluding hydrogens is 286 g/mol. The summed E-state index contributed by atoms with van der Waals surface area (Å²) in [5.41, 5.74) is 9.23. The van der Waals surface area contributed by atoms with Crippen molar-refractivity contribution in [2.45, 2.75) is 51.6 Å². The molecule has 1 aromatic heterocycles. The number of aryl methyl sites for hydroxylation is 1. The molecular formula is C18H25N5. The Hall–Kier alpha value is -2.30. The lowest BCUT2D eigenvalue weighted by Crippen LogP contribution is -2.41. The molecule has 0 saturated heterocycles. The van der Waals surface area contributed by atoms with Crippen LogP contribution in [0, 0.1) is 6.92 Å². The van der Waals surface area contributed by atoms with Gasteiger partial charge >= 0.3 is 0 Å². The third kappa shape index (κ3) is 4.12. The molecule has 0 bridgehead atoms. The van der Waals surface area contributed by atoms with Crippen molar-refractivity contribution in [3.05, 3.63) is 47.8 Å². The standard InChI is InChI=1S/C18H25N5/c1-14-11-12-23(22-14)17-10-6-5-7-15(17)13-20-18(19)21-16-8-3-2-4-9-16/h5-7,10-12,16H,2-4,8-9,13H2,1H3,(H3,19,20,21). The number of guanidine groups is 1. The van der Waals surface area contributed by atoms with Crippen LogP contribution in [0.2, 0.25) is 0 Å². The van der Waals surface area contributed by atoms with Gasteiger partial charge in [-0.05, 0) is 37.5 Å². The molecule has 1 saturated carbocycles. The minimum absolute atomic E-state index is 0.483. The van der Waals surface area contributed by atoms with E-state index in [0.29, 0.717) is 18.5 Å². The summed E-state index contributed by atoms with van der Waals surface area (Å²) < 4.78 is 1.89. The van der Waals surface area contributed by atoms with Gasteiger partial charge in [0.2, 0.25) is 0 Å². The second-order valence-corrected chi connectivity index (χ2v) is 6.21. The molecule has 0 radical (unpaired) electrons. The van der Waals surface area contributed by atoms with E-state index < -0.39 is 0 Å². The predicted octanol–water partition coefficient (Wildman–Crippen LogP) is 2.92. The van der Waals surface area contributed by atoms with Gasteiger partial charge in [0.1, 0.15) is 0 Å². The van der Waals surface area contributed by atoms with Crippen molar-refractivity contribution >= 4 is 5.96 Å². The van der Waals surface area contributed by atoms with Gasteiger partial charge in [-0.25, -0.2) is 9.67 Å². The van der Waals surface area contributed by atoms with Crippen molar-refractivity contribution in [3.8, 4) is 5.69 Å². The number of aromatic nitrogens is 2. The average molecular weight is 311 g/mol. The molecule has 1 heterocycles. The molecule has 5 heteroatoms. The Labute approximate surface area is 137 Å². The van der Waals surface area contributed by atoms with Gasteiger partial charge in [-0.3, -0.25) is 0 Å². The van der Waals surface area contributed by atoms with Gasteiger partial charge < -0.3 is 11.1 Å². The van der Waals surface area contributed by atoms with Crippen molar-refractivity contribution in [1.29, 1.82) is 0 Å². The Morgan fingerprint density at radius 3 is 2.78 bits per heavy atom. The summed E-state index contributed by atoms with van der Waals surface area (Å²) >= 11 is 0. The molecule has 3 N–H and O–H groups in total. The molecule has 1 fully saturated rings. The van der Waals surface area contributed by atoms with Crippen molar-refractivity contribution in [3.63, 3.8) is 0 Å². The first-order valence-corrected chi connectivity index (χ1v) is 8.39. The van der Waals surface area contributed by atoms with Gasteiger partial charge in [-0.2, -0.15) is 5.10 Å². The molecule has 0 spiro atoms. The summed E-state index contributed by atoms with van der Waals surface area (Å²) in [6.07, 6.45) is 8.27. The largest absolute Gasteiger partial charge is 0.370 e. The maximum atomic E-state index is 6.06. The third-order valence-electron chi connectivity index (χ3n) is 4.34. The van der Waals surface area contributed by atoms with E-state index in [0.717, 1.165) is 16.9 Å². The second-order valence-electron chi connectivity index (χ2n) is 6.21. The summed E-state index contributed by atoms with van der Waals surface area (Å²) in [4.78, 5) is 4.52. The SMILES string of the molecule is Cc1ccn(-c2ccccc2CN=C(N)NC2CCCCC2)n1. The fourth-order valence-corrected chi connectivity index (χ4v) is 3.09. The fraction of sp³-hybridized carbons (Fsp3) is 0.444. The van der Waals surface area contributed by atoms with E-state index in [1.54, 1.807) is 0 Å². The summed E-state index contributed by atoms with van der Waals surface area (Å²) in [5.74, 6) is 0.545. The molecule has 122 valence electrons. The topological polar surface area (TPSA) is 68.2 Å². The van der Waals surface area contributed by atoms with E-state index in [9.17, 15) is 0 Å². The summed E-state index contributed by atoms with van der Waals surface area (Å²) in [6, 6.07) is 10.7. The highest BCUT2D eigenvalue weighted by molar-refractivity contribution is 5.78. The molecule has 0 unspecified atom stereocenters. The van der Waals surface area contributed by atoms with Crippen LogP contribution in [0.15, 0.2) is 41.5 Å². The fourth-order valence-electron chi connectivity index (χ4n) is 3.09. The Balaban J connectivity index is 1.69. The Bertz CT molecular complexity index is 668. The molecule has 0 aliphatic heterocycles. The van der Waals surface area contributed by atoms with Crippen LogP contribution in [0.3, 0.4) is 0 Å². The number of aliphatic imine (C=N–C) groups is 1. The number of nitrogens with two attached hydrogens (primary N) is 1. The van der Waals surface area contributed by atoms with Crippen molar-refractivity contribution in [1.82, 2.24) is 15.1 Å². The lowest BCUT2D eigenvalue weighted by Gasteiger charge is -2.23. The molecule has 5 nitrogen and oxygen atoms in total. The number of nitrogens with zero attached hydrogens (tertiary/aromatic N) is 3. The van der Waals surface area contributed by atoms with Crippen molar-refractivity contribution in [2.75, 3.05) is 0 Å². The quantitative estimate of drug-likeness (QED) is 0.674. The number of nitrogens with one attached hydrogen (secondary N) is 1. The van der Waals surface area contributed by atoms with E-state index >= 15 is 0 Å². The van der Waals surface area contributed by atoms with E-state index in [1.807, 2.05) is 36.0 Å². The van der Waals surface area contributed by atoms with Crippen LogP contribution in [0.25, 0.3) is 5.69 Å². The average Bonchev–Trinajstić information content (AvgIpc) is 3.00. The molecule has 1 aliphatic carbocycles. The van der Waals surface area contributed by atoms with Crippen LogP contribution >= 0.6 is 0 Å². The Morgan fingerprint density at radius 1 is 1.26 bits per heavy atom. The molecule has 1 aromatic carbocycles. The number of hydrogen-bond acceptors (Lipinski definition) is 2. The number of para-hydroxylation sites is 1. The van der Waals surface area contributed by atoms with E-state index in [4.69, 9.17) is 5.73 Å². The normalized spacial score (nSPS) is 16.5. The maximum Gasteiger partial charge on any atom is 0.189 e. The second kappa shape index (κ2) is 7.31. The lowest BCUT2D eigenvalue weighted by molar-refractivity contribution is 0.412. The zero-order chi connectivity index (χ0) is 16.1. The van der Waals surface area contributed by atoms with Gasteiger partial charge in [0.15, 0.2) is 5.96 Å². The van der Waals surface area contributed by atoms with Crippen LogP contribution in [-0.4, -0.2) is 21.8 Å². The van der Waals surface area contributed by atoms with Gasteiger partial charge in [0.25, 0.3) is 0 Å². The summed E-state index contributed by atoms with van der Waals surface area (Å²) in [6.45, 7) is 2.55. The third-order valence-corrected chi connectivity index (χ3v) is 4.34. The van der Waals surface area contributed by atoms with Crippen LogP contribution < -0.4 is 11.1 Å². The van der Waals surface area contributed by atoms with Crippen LogP contribution in [-0.2, 0) is 6.54 Å². The zero-order valence-electron chi connectivity index (χ0n) is 13.7. The molecule has 0 atom stereocenters. The minimum atomic E-state index is 0.483. The van der Waals surface area contributed by atoms with E-state index in [-0.39, 0.29) is 0 Å². The maximum absolute atomic E-state index is 6.06. The Kier molecular flexibility index (Phi) is 4.95. The van der Waals surface area contributed by atoms with Gasteiger partial charge in [-0.15, -0.1) is 0 Å². The highest BCUT2D eigenvalue weighted by atomic mass is 15.3. The van der Waals surface area contributed by atoms with Gasteiger partial charge in [0, 0.05) is 12.2 Å². The summed E-state index contributed by atoms with van der Waals surface area (Å²) in [5, 5.41) is 7.84. The summed E-state index contributed by atoms with van der Waals surface area (Å²) in [7, 11) is 0. The first kappa shape index (κ1) is 15.6. The van der Waals surface area contributed by atoms with E-state index in [1.165, 1.54) is 32.1 Å². The molecule has 3 rings (SSSR count). The predicted molar refractivity (Wildman–Crippen MR) is 93.6 cm³/mol. The smallest absolute Gasteiger partial charge is 0.189 e. The minimum Gasteiger partial charge on any atom is -0.370 e. The molecule has 23 heavy (non-hydrogen) atoms. The highest BCUT2D eigenvalue weighted by Gasteiger charge is 2.13. The van der Waals surface area contributed by atoms with Crippen LogP contribution in [0.4, 0.5) is 0 Å². The molecule has 1 aliphatic rings. The van der Waals surface area contributed by atoms with Gasteiger partial charge in [0.05, 0.1) is 17.9 Å². The lowest BCUT2D eigenvalue weighted by atomic mass is 9.96. The number of hydrogen-bond donors (Lipinski definition) is 2. The van der Waals surface area contributed by atoms with Gasteiger partial charge in [-0.1, -0.05) is 37.5 Å². The van der Waals surface area contributed by atoms with Crippen molar-refractivity contribution in [2.24, 2.45) is 10.7 Å². The zero-order valence-corrected chi connectivity index (χ0v) is 13.7. The molecule has 0 amide bonds. The first-order valence-electron chi connectivity index (χ1n) is 8.39. The first-order chi connectivity index (χ1) is 11.2. The van der Waals surface area contributed by atoms with Crippen LogP contribution in [0.5, 0.6) is 0 Å². The highest BCUT2D eigenvalue weighted by Crippen LogP contribution is 2.17. The monoisotopic (exact) mass is 311 g/mol. The molecule has 2 aromatic rings.